The lowest BCUT2D eigenvalue weighted by molar-refractivity contribution is -0.284. The minimum Gasteiger partial charge on any atom is -0.504 e. The normalized spacial score (nSPS) is 20.4. The molecule has 5 aliphatic heterocycles. The zero-order valence-corrected chi connectivity index (χ0v) is 60.6. The second kappa shape index (κ2) is 30.8. The number of hydrogen-bond acceptors (Lipinski definition) is 49. The number of benzene rings is 9. The molecule has 0 amide bonds. The van der Waals surface area contributed by atoms with Crippen molar-refractivity contribution in [1.82, 2.24) is 0 Å². The lowest BCUT2D eigenvalue weighted by Gasteiger charge is -2.43. The maximum absolute atomic E-state index is 15.6. The lowest BCUT2D eigenvalue weighted by Crippen LogP contribution is -2.63. The van der Waals surface area contributed by atoms with Crippen LogP contribution in [0, 0.1) is 0 Å². The summed E-state index contributed by atoms with van der Waals surface area (Å²) in [5.41, 5.74) is -15.7. The topological polar surface area (TPSA) is 809 Å². The average Bonchev–Trinajstić information content (AvgIpc) is 1.27. The highest BCUT2D eigenvalue weighted by Crippen LogP contribution is 2.58. The third-order valence-electron chi connectivity index (χ3n) is 19.2. The van der Waals surface area contributed by atoms with Crippen molar-refractivity contribution >= 4 is 53.7 Å². The molecule has 49 nitrogen and oxygen atoms in total. The molecule has 0 aromatic heterocycles. The molecule has 0 aliphatic carbocycles. The van der Waals surface area contributed by atoms with Gasteiger partial charge in [0.15, 0.2) is 140 Å². The molecule has 10 atom stereocenters. The summed E-state index contributed by atoms with van der Waals surface area (Å²) in [6, 6.07) is 4.11. The van der Waals surface area contributed by atoms with Gasteiger partial charge in [0, 0.05) is 40.5 Å². The summed E-state index contributed by atoms with van der Waals surface area (Å²) in [5, 5.41) is 285. The largest absolute Gasteiger partial charge is 0.504 e. The summed E-state index contributed by atoms with van der Waals surface area (Å²) in [6.07, 6.45) is -27.6. The molecule has 9 aromatic carbocycles. The molecule has 5 heterocycles. The fourth-order valence-electron chi connectivity index (χ4n) is 13.2. The highest BCUT2D eigenvalue weighted by atomic mass is 17.2. The highest BCUT2D eigenvalue weighted by molar-refractivity contribution is 6.10. The minimum absolute atomic E-state index is 0.116. The van der Waals surface area contributed by atoms with E-state index in [1.165, 1.54) is 0 Å². The molecule has 10 unspecified atom stereocenters. The second-order valence-corrected chi connectivity index (χ2v) is 26.7. The monoisotopic (exact) mass is 1740 g/mol. The van der Waals surface area contributed by atoms with E-state index in [4.69, 9.17) is 66.6 Å². The van der Waals surface area contributed by atoms with Gasteiger partial charge in [-0.3, -0.25) is 9.78 Å². The van der Waals surface area contributed by atoms with Crippen molar-refractivity contribution in [2.45, 2.75) is 61.4 Å². The van der Waals surface area contributed by atoms with Crippen molar-refractivity contribution in [3.05, 3.63) is 123 Å². The molecule has 2 bridgehead atoms. The van der Waals surface area contributed by atoms with Gasteiger partial charge < -0.3 is 190 Å². The minimum atomic E-state index is -2.98. The Morgan fingerprint density at radius 3 is 1.16 bits per heavy atom. The number of carbonyl (C=O) groups is 9. The quantitative estimate of drug-likeness (QED) is 0.0450. The summed E-state index contributed by atoms with van der Waals surface area (Å²) in [6.45, 7) is -2.88. The molecule has 9 aromatic rings. The first-order chi connectivity index (χ1) is 58.5. The van der Waals surface area contributed by atoms with Gasteiger partial charge in [0.25, 0.3) is 0 Å². The summed E-state index contributed by atoms with van der Waals surface area (Å²) < 4.78 is 68.0. The van der Waals surface area contributed by atoms with Crippen LogP contribution in [0.3, 0.4) is 0 Å². The number of carbonyl (C=O) groups excluding carboxylic acids is 9. The van der Waals surface area contributed by atoms with Crippen molar-refractivity contribution in [3.8, 4) is 189 Å². The molecule has 5 aliphatic rings. The van der Waals surface area contributed by atoms with E-state index in [1.807, 2.05) is 0 Å². The lowest BCUT2D eigenvalue weighted by atomic mass is 9.92. The first-order valence-electron chi connectivity index (χ1n) is 34.3. The third-order valence-corrected chi connectivity index (χ3v) is 19.2. The molecule has 646 valence electrons. The van der Waals surface area contributed by atoms with Gasteiger partial charge in [-0.1, -0.05) is 0 Å². The first-order valence-corrected chi connectivity index (χ1v) is 34.3. The Hall–Kier alpha value is -17.5. The molecule has 0 radical (unpaired) electrons. The molecule has 0 saturated carbocycles. The molecule has 2 saturated heterocycles. The number of phenolic OH excluding ortho intramolecular Hbond substituents is 25. The van der Waals surface area contributed by atoms with Gasteiger partial charge in [-0.25, -0.2) is 43.2 Å². The predicted octanol–water partition coefficient (Wildman–Crippen LogP) is 2.73. The van der Waals surface area contributed by atoms with Gasteiger partial charge in [-0.05, 0) is 54.6 Å². The number of ether oxygens (including phenoxy) is 12. The fourth-order valence-corrected chi connectivity index (χ4v) is 13.2. The van der Waals surface area contributed by atoms with Crippen LogP contribution in [0.4, 0.5) is 0 Å². The van der Waals surface area contributed by atoms with E-state index in [9.17, 15) is 162 Å². The molecular formula is C75H52O49. The van der Waals surface area contributed by atoms with Gasteiger partial charge in [0.2, 0.25) is 75.6 Å². The molecule has 124 heavy (non-hydrogen) atoms. The summed E-state index contributed by atoms with van der Waals surface area (Å²) >= 11 is 0. The average molecular weight is 1740 g/mol. The van der Waals surface area contributed by atoms with Gasteiger partial charge in [-0.15, -0.1) is 0 Å². The van der Waals surface area contributed by atoms with Crippen molar-refractivity contribution in [1.29, 1.82) is 0 Å². The number of aliphatic hydroxyl groups is 1. The van der Waals surface area contributed by atoms with Gasteiger partial charge in [-0.2, -0.15) is 0 Å². The highest BCUT2D eigenvalue weighted by Gasteiger charge is 2.58. The Bertz CT molecular complexity index is 6120. The Morgan fingerprint density at radius 2 is 0.694 bits per heavy atom. The summed E-state index contributed by atoms with van der Waals surface area (Å²) in [4.78, 5) is 143. The molecule has 49 heteroatoms. The van der Waals surface area contributed by atoms with Gasteiger partial charge in [0.05, 0.1) is 38.9 Å². The maximum Gasteiger partial charge on any atom is 0.343 e. The van der Waals surface area contributed by atoms with Crippen molar-refractivity contribution in [2.24, 2.45) is 0 Å². The number of phenols is 25. The molecule has 26 N–H and O–H groups in total. The smallest absolute Gasteiger partial charge is 0.343 e. The van der Waals surface area contributed by atoms with E-state index in [0.717, 1.165) is 0 Å². The number of hydrogen-bond donors (Lipinski definition) is 26. The van der Waals surface area contributed by atoms with Crippen molar-refractivity contribution < 1.29 is 243 Å². The number of aromatic hydroxyl groups is 25. The predicted molar refractivity (Wildman–Crippen MR) is 380 cm³/mol. The number of rotatable bonds is 8. The van der Waals surface area contributed by atoms with E-state index >= 15 is 14.4 Å². The SMILES string of the molecule is O=C1OC2OC3COC(=O)c4cc(O)c(O)c(O)c4-c4c(cc(O)c(O)c4O)C(=O)OC3C(OC(=O)c3cc(O)c(O)c(O)c3)C2OC(=O)c2cc(Oc3c(C(=O)OC4C(O)OC5COC(=O)c6cc(O)c(O)c(O)c6-c6c(cc(O)c(O)c6O)C(=O)OC5C4OC(=O)c4cc(O)c(O)c(O)c4)cc(O)c(O)c3O)c(O)c(O)c2OOc2cc1cc(O)c2O. The molecular weight excluding hydrogens is 1680 g/mol. The first kappa shape index (κ1) is 83.0. The number of fused-ring (bicyclic) bond motifs is 12. The van der Waals surface area contributed by atoms with Crippen LogP contribution in [0.5, 0.6) is 167 Å². The Balaban J connectivity index is 0.890. The van der Waals surface area contributed by atoms with Crippen molar-refractivity contribution in [3.63, 3.8) is 0 Å². The molecule has 14 rings (SSSR count). The van der Waals surface area contributed by atoms with Crippen molar-refractivity contribution in [2.75, 3.05) is 13.2 Å². The van der Waals surface area contributed by atoms with Crippen LogP contribution < -0.4 is 14.5 Å². The number of aliphatic hydroxyl groups excluding tert-OH is 1. The van der Waals surface area contributed by atoms with E-state index in [-0.39, 0.29) is 18.2 Å². The number of esters is 9. The number of cyclic esters (lactones) is 2. The molecule has 2 fully saturated rings. The van der Waals surface area contributed by atoms with Gasteiger partial charge in [0.1, 0.15) is 36.5 Å². The summed E-state index contributed by atoms with van der Waals surface area (Å²) in [5.74, 6) is -60.7. The van der Waals surface area contributed by atoms with E-state index in [2.05, 4.69) is 0 Å². The molecule has 0 spiro atoms. The Kier molecular flexibility index (Phi) is 20.6. The van der Waals surface area contributed by atoms with Crippen LogP contribution in [-0.2, 0) is 52.1 Å². The van der Waals surface area contributed by atoms with Crippen LogP contribution in [0.2, 0.25) is 0 Å². The second-order valence-electron chi connectivity index (χ2n) is 26.7. The third kappa shape index (κ3) is 14.1. The summed E-state index contributed by atoms with van der Waals surface area (Å²) in [7, 11) is 0. The zero-order chi connectivity index (χ0) is 90.0. The van der Waals surface area contributed by atoms with Crippen LogP contribution in [0.25, 0.3) is 22.3 Å². The van der Waals surface area contributed by atoms with E-state index in [0.29, 0.717) is 54.6 Å². The Morgan fingerprint density at radius 1 is 0.315 bits per heavy atom. The van der Waals surface area contributed by atoms with E-state index < -0.39 is 367 Å². The standard InChI is InChI=1S/C75H52O49/c76-24-1-15(2-25(77)42(24)86)65(101)118-61-59-36(13-111-68(104)18-7-29(81)45(89)51(95)38(18)40-20(70(106)116-59)9-31(83)47(91)53(40)97)114-74(110)63(61)120-72(108)22-11-33(85)49(93)55(99)57(22)113-34-12-23-58(56(100)50(34)94)124-123-35-6-17(5-28(80)44(35)88)67(103)122-75-64(121-73(23)109)62(119-66(102)16-3-26(78)43(87)27(79)4-16)60-37(115-75)14-112-69(105)19-8-30(82)46(90)52(96)39(19)41-21(71(107)117-60)10-32(84)48(92)54(41)98/h1-12,36-37,59-64,74-100,110H,13-14H2. The van der Waals surface area contributed by atoms with E-state index in [1.54, 1.807) is 0 Å². The van der Waals surface area contributed by atoms with Crippen LogP contribution in [-0.4, -0.2) is 261 Å². The van der Waals surface area contributed by atoms with Gasteiger partial charge >= 0.3 is 53.7 Å². The van der Waals surface area contributed by atoms with Crippen LogP contribution in [0.1, 0.15) is 93.2 Å². The zero-order valence-electron chi connectivity index (χ0n) is 60.6. The van der Waals surface area contributed by atoms with Crippen LogP contribution >= 0.6 is 0 Å². The maximum atomic E-state index is 15.6. The fraction of sp³-hybridized carbons (Fsp3) is 0.160. The Labute approximate surface area is 680 Å². The van der Waals surface area contributed by atoms with Crippen LogP contribution in [0.15, 0.2) is 72.8 Å².